The summed E-state index contributed by atoms with van der Waals surface area (Å²) in [4.78, 5) is 4.07. The van der Waals surface area contributed by atoms with Gasteiger partial charge in [0.1, 0.15) is 0 Å². The molecule has 0 aliphatic heterocycles. The van der Waals surface area contributed by atoms with Crippen molar-refractivity contribution in [3.8, 4) is 0 Å². The van der Waals surface area contributed by atoms with Crippen molar-refractivity contribution in [2.45, 2.75) is 25.7 Å². The number of nitrogens with zero attached hydrogens (tertiary/aromatic N) is 1. The van der Waals surface area contributed by atoms with E-state index >= 15 is 0 Å². The fraction of sp³-hybridized carbons (Fsp3) is 0.211. The summed E-state index contributed by atoms with van der Waals surface area (Å²) in [5.41, 5.74) is 2.82. The molecule has 0 aliphatic carbocycles. The van der Waals surface area contributed by atoms with Crippen LogP contribution < -0.4 is 0 Å². The molecule has 2 aromatic carbocycles. The average molecular weight is 261 g/mol. The number of aryl methyl sites for hydroxylation is 1. The Morgan fingerprint density at radius 2 is 1.65 bits per heavy atom. The first-order chi connectivity index (χ1) is 9.84. The molecule has 0 spiro atoms. The van der Waals surface area contributed by atoms with E-state index in [1.165, 1.54) is 21.9 Å². The predicted octanol–water partition coefficient (Wildman–Crippen LogP) is 4.97. The van der Waals surface area contributed by atoms with Crippen LogP contribution in [0.1, 0.15) is 30.4 Å². The van der Waals surface area contributed by atoms with Crippen molar-refractivity contribution in [3.63, 3.8) is 0 Å². The second-order valence-electron chi connectivity index (χ2n) is 5.36. The summed E-state index contributed by atoms with van der Waals surface area (Å²) in [7, 11) is 0. The van der Waals surface area contributed by atoms with E-state index in [0.29, 0.717) is 5.92 Å². The molecule has 1 atom stereocenters. The maximum atomic E-state index is 4.07. The fourth-order valence-corrected chi connectivity index (χ4v) is 2.77. The first-order valence-electron chi connectivity index (χ1n) is 7.21. The van der Waals surface area contributed by atoms with Gasteiger partial charge in [-0.15, -0.1) is 0 Å². The molecule has 20 heavy (non-hydrogen) atoms. The van der Waals surface area contributed by atoms with E-state index in [9.17, 15) is 0 Å². The molecule has 0 aliphatic rings. The molecule has 1 heterocycles. The van der Waals surface area contributed by atoms with Crippen molar-refractivity contribution in [1.29, 1.82) is 0 Å². The van der Waals surface area contributed by atoms with Gasteiger partial charge >= 0.3 is 0 Å². The van der Waals surface area contributed by atoms with Crippen LogP contribution in [0.15, 0.2) is 67.0 Å². The van der Waals surface area contributed by atoms with Crippen molar-refractivity contribution >= 4 is 10.8 Å². The number of aromatic nitrogens is 1. The third-order valence-corrected chi connectivity index (χ3v) is 3.97. The quantitative estimate of drug-likeness (QED) is 0.646. The van der Waals surface area contributed by atoms with E-state index in [-0.39, 0.29) is 0 Å². The van der Waals surface area contributed by atoms with Gasteiger partial charge < -0.3 is 0 Å². The Kier molecular flexibility index (Phi) is 3.78. The Hall–Kier alpha value is -2.15. The monoisotopic (exact) mass is 261 g/mol. The van der Waals surface area contributed by atoms with Crippen LogP contribution >= 0.6 is 0 Å². The topological polar surface area (TPSA) is 12.9 Å². The van der Waals surface area contributed by atoms with E-state index < -0.39 is 0 Å². The van der Waals surface area contributed by atoms with E-state index in [1.54, 1.807) is 0 Å². The molecule has 0 saturated heterocycles. The van der Waals surface area contributed by atoms with Crippen molar-refractivity contribution in [1.82, 2.24) is 4.98 Å². The van der Waals surface area contributed by atoms with Gasteiger partial charge in [-0.25, -0.2) is 0 Å². The lowest BCUT2D eigenvalue weighted by atomic mass is 9.90. The highest BCUT2D eigenvalue weighted by atomic mass is 14.6. The van der Waals surface area contributed by atoms with Gasteiger partial charge in [-0.05, 0) is 52.8 Å². The van der Waals surface area contributed by atoms with Crippen LogP contribution in [0.2, 0.25) is 0 Å². The molecule has 0 amide bonds. The van der Waals surface area contributed by atoms with Crippen LogP contribution in [0.25, 0.3) is 10.8 Å². The Morgan fingerprint density at radius 1 is 0.900 bits per heavy atom. The largest absolute Gasteiger partial charge is 0.265 e. The van der Waals surface area contributed by atoms with Gasteiger partial charge in [0.2, 0.25) is 0 Å². The number of fused-ring (bicyclic) bond motifs is 1. The van der Waals surface area contributed by atoms with E-state index in [2.05, 4.69) is 66.5 Å². The molecule has 100 valence electrons. The lowest BCUT2D eigenvalue weighted by molar-refractivity contribution is 0.684. The smallest absolute Gasteiger partial charge is 0.0270 e. The van der Waals surface area contributed by atoms with Gasteiger partial charge in [-0.2, -0.15) is 0 Å². The summed E-state index contributed by atoms with van der Waals surface area (Å²) in [6, 6.07) is 19.5. The van der Waals surface area contributed by atoms with Gasteiger partial charge in [0, 0.05) is 12.4 Å². The summed E-state index contributed by atoms with van der Waals surface area (Å²) in [5.74, 6) is 0.564. The number of benzene rings is 2. The maximum absolute atomic E-state index is 4.07. The van der Waals surface area contributed by atoms with Gasteiger partial charge in [-0.1, -0.05) is 49.4 Å². The van der Waals surface area contributed by atoms with E-state index in [4.69, 9.17) is 0 Å². The Labute approximate surface area is 120 Å². The highest BCUT2D eigenvalue weighted by Gasteiger charge is 2.09. The molecular formula is C19H19N. The lowest BCUT2D eigenvalue weighted by Gasteiger charge is -2.14. The highest BCUT2D eigenvalue weighted by molar-refractivity contribution is 5.86. The summed E-state index contributed by atoms with van der Waals surface area (Å²) in [6.07, 6.45) is 6.01. The molecule has 3 rings (SSSR count). The molecule has 0 radical (unpaired) electrons. The molecule has 0 bridgehead atoms. The Balaban J connectivity index is 1.80. The molecule has 1 heteroatoms. The van der Waals surface area contributed by atoms with Crippen LogP contribution in [0.4, 0.5) is 0 Å². The van der Waals surface area contributed by atoms with Crippen molar-refractivity contribution in [2.24, 2.45) is 0 Å². The molecule has 0 saturated carbocycles. The van der Waals surface area contributed by atoms with Crippen LogP contribution in [0, 0.1) is 0 Å². The van der Waals surface area contributed by atoms with Crippen molar-refractivity contribution in [2.75, 3.05) is 0 Å². The highest BCUT2D eigenvalue weighted by Crippen LogP contribution is 2.28. The van der Waals surface area contributed by atoms with Crippen molar-refractivity contribution in [3.05, 3.63) is 78.1 Å². The van der Waals surface area contributed by atoms with E-state index in [0.717, 1.165) is 12.8 Å². The van der Waals surface area contributed by atoms with Crippen LogP contribution in [0.3, 0.4) is 0 Å². The van der Waals surface area contributed by atoms with Crippen LogP contribution in [-0.4, -0.2) is 4.98 Å². The minimum Gasteiger partial charge on any atom is -0.265 e. The third kappa shape index (κ3) is 2.72. The van der Waals surface area contributed by atoms with Gasteiger partial charge in [0.25, 0.3) is 0 Å². The first kappa shape index (κ1) is 12.9. The zero-order chi connectivity index (χ0) is 13.8. The second kappa shape index (κ2) is 5.87. The molecule has 0 N–H and O–H groups in total. The number of pyridine rings is 1. The summed E-state index contributed by atoms with van der Waals surface area (Å²) in [5, 5.41) is 2.72. The second-order valence-corrected chi connectivity index (χ2v) is 5.36. The summed E-state index contributed by atoms with van der Waals surface area (Å²) >= 11 is 0. The van der Waals surface area contributed by atoms with Gasteiger partial charge in [0.05, 0.1) is 0 Å². The molecule has 1 nitrogen and oxygen atoms in total. The maximum Gasteiger partial charge on any atom is 0.0270 e. The molecule has 1 aromatic heterocycles. The minimum absolute atomic E-state index is 0.564. The van der Waals surface area contributed by atoms with Crippen molar-refractivity contribution < 1.29 is 0 Å². The molecular weight excluding hydrogens is 242 g/mol. The zero-order valence-electron chi connectivity index (χ0n) is 11.8. The predicted molar refractivity (Wildman–Crippen MR) is 84.9 cm³/mol. The lowest BCUT2D eigenvalue weighted by Crippen LogP contribution is -1.97. The van der Waals surface area contributed by atoms with Gasteiger partial charge in [-0.3, -0.25) is 4.98 Å². The number of hydrogen-bond acceptors (Lipinski definition) is 1. The van der Waals surface area contributed by atoms with Crippen LogP contribution in [0.5, 0.6) is 0 Å². The Bertz CT molecular complexity index is 683. The van der Waals surface area contributed by atoms with Gasteiger partial charge in [0.15, 0.2) is 0 Å². The number of hydrogen-bond donors (Lipinski definition) is 0. The normalized spacial score (nSPS) is 12.4. The first-order valence-corrected chi connectivity index (χ1v) is 7.21. The van der Waals surface area contributed by atoms with E-state index in [1.807, 2.05) is 12.4 Å². The Morgan fingerprint density at radius 3 is 2.50 bits per heavy atom. The summed E-state index contributed by atoms with van der Waals surface area (Å²) < 4.78 is 0. The molecule has 0 fully saturated rings. The van der Waals surface area contributed by atoms with Crippen LogP contribution in [-0.2, 0) is 6.42 Å². The molecule has 3 aromatic rings. The molecule has 0 unspecified atom stereocenters. The standard InChI is InChI=1S/C19H19N/c1-15(9-10-16-11-13-20-14-12-16)18-8-4-6-17-5-2-3-7-19(17)18/h2-8,11-15H,9-10H2,1H3/t15-/m0/s1. The minimum atomic E-state index is 0.564. The number of rotatable bonds is 4. The zero-order valence-corrected chi connectivity index (χ0v) is 11.8. The third-order valence-electron chi connectivity index (χ3n) is 3.97. The summed E-state index contributed by atoms with van der Waals surface area (Å²) in [6.45, 7) is 2.32. The average Bonchev–Trinajstić information content (AvgIpc) is 2.53. The SMILES string of the molecule is C[C@@H](CCc1ccncc1)c1cccc2ccccc12. The fourth-order valence-electron chi connectivity index (χ4n) is 2.77.